The molecule has 2 aliphatic heterocycles. The van der Waals surface area contributed by atoms with E-state index < -0.39 is 5.51 Å². The predicted octanol–water partition coefficient (Wildman–Crippen LogP) is 7.43. The number of benzene rings is 2. The summed E-state index contributed by atoms with van der Waals surface area (Å²) in [6, 6.07) is 14.6. The Labute approximate surface area is 215 Å². The minimum atomic E-state index is -4.26. The van der Waals surface area contributed by atoms with Crippen LogP contribution in [-0.4, -0.2) is 42.5 Å². The summed E-state index contributed by atoms with van der Waals surface area (Å²) < 4.78 is 37.6. The van der Waals surface area contributed by atoms with Gasteiger partial charge in [-0.2, -0.15) is 13.2 Å². The quantitative estimate of drug-likeness (QED) is 0.352. The number of carbonyl (C=O) groups excluding carboxylic acids is 1. The van der Waals surface area contributed by atoms with Gasteiger partial charge in [-0.25, -0.2) is 0 Å². The van der Waals surface area contributed by atoms with Crippen LogP contribution in [0.4, 0.5) is 18.9 Å². The van der Waals surface area contributed by atoms with Crippen LogP contribution in [0.5, 0.6) is 0 Å². The van der Waals surface area contributed by atoms with Gasteiger partial charge in [0.15, 0.2) is 0 Å². The fourth-order valence-electron chi connectivity index (χ4n) is 5.24. The van der Waals surface area contributed by atoms with E-state index in [9.17, 15) is 18.0 Å². The monoisotopic (exact) mass is 524 g/mol. The van der Waals surface area contributed by atoms with Crippen LogP contribution in [0.25, 0.3) is 0 Å². The van der Waals surface area contributed by atoms with Crippen molar-refractivity contribution in [3.05, 3.63) is 59.1 Å². The van der Waals surface area contributed by atoms with Gasteiger partial charge < -0.3 is 9.80 Å². The normalized spacial score (nSPS) is 19.7. The number of piperidine rings is 2. The van der Waals surface area contributed by atoms with E-state index in [1.807, 2.05) is 17.0 Å². The molecule has 2 fully saturated rings. The fraction of sp³-hybridized carbons (Fsp3) is 0.519. The molecule has 2 heterocycles. The summed E-state index contributed by atoms with van der Waals surface area (Å²) in [4.78, 5) is 17.5. The molecule has 0 spiro atoms. The molecule has 2 aliphatic rings. The summed E-state index contributed by atoms with van der Waals surface area (Å²) in [7, 11) is 0. The van der Waals surface area contributed by atoms with Crippen molar-refractivity contribution in [3.63, 3.8) is 0 Å². The minimum absolute atomic E-state index is 0.0841. The first kappa shape index (κ1) is 26.2. The van der Waals surface area contributed by atoms with E-state index in [-0.39, 0.29) is 22.6 Å². The zero-order chi connectivity index (χ0) is 24.8. The van der Waals surface area contributed by atoms with Crippen molar-refractivity contribution >= 4 is 35.0 Å². The Morgan fingerprint density at radius 3 is 2.29 bits per heavy atom. The molecule has 2 saturated heterocycles. The Bertz CT molecular complexity index is 960. The molecule has 0 aromatic heterocycles. The number of likely N-dealkylation sites (tertiary alicyclic amines) is 1. The van der Waals surface area contributed by atoms with Crippen molar-refractivity contribution in [3.8, 4) is 0 Å². The molecule has 0 bridgehead atoms. The highest BCUT2D eigenvalue weighted by atomic mass is 35.5. The fourth-order valence-corrected chi connectivity index (χ4v) is 5.90. The van der Waals surface area contributed by atoms with Gasteiger partial charge in [0.25, 0.3) is 0 Å². The van der Waals surface area contributed by atoms with Crippen LogP contribution in [0, 0.1) is 11.8 Å². The van der Waals surface area contributed by atoms with Crippen molar-refractivity contribution < 1.29 is 18.0 Å². The second kappa shape index (κ2) is 11.9. The maximum atomic E-state index is 12.9. The smallest absolute Gasteiger partial charge is 0.372 e. The minimum Gasteiger partial charge on any atom is -0.372 e. The molecule has 2 aromatic carbocycles. The molecule has 0 unspecified atom stereocenters. The largest absolute Gasteiger partial charge is 0.446 e. The number of rotatable bonds is 7. The van der Waals surface area contributed by atoms with E-state index in [1.165, 1.54) is 17.8 Å². The third-order valence-electron chi connectivity index (χ3n) is 7.13. The SMILES string of the molecule is O=C(CCC1CCN(c2ccc(Cl)cc2)CC1)N1CCC[C@H](Cc2ccc(SC(F)(F)F)cc2)C1. The second-order valence-corrected chi connectivity index (χ2v) is 11.3. The Balaban J connectivity index is 1.19. The van der Waals surface area contributed by atoms with Gasteiger partial charge in [-0.1, -0.05) is 23.7 Å². The van der Waals surface area contributed by atoms with Crippen molar-refractivity contribution in [2.24, 2.45) is 11.8 Å². The summed E-state index contributed by atoms with van der Waals surface area (Å²) in [5, 5.41) is 0.750. The molecule has 1 atom stereocenters. The molecular formula is C27H32ClF3N2OS. The van der Waals surface area contributed by atoms with Crippen LogP contribution in [0.15, 0.2) is 53.4 Å². The first-order chi connectivity index (χ1) is 16.7. The Morgan fingerprint density at radius 2 is 1.63 bits per heavy atom. The number of nitrogens with zero attached hydrogens (tertiary/aromatic N) is 2. The van der Waals surface area contributed by atoms with Crippen LogP contribution >= 0.6 is 23.4 Å². The van der Waals surface area contributed by atoms with Gasteiger partial charge in [-0.05, 0) is 104 Å². The molecule has 8 heteroatoms. The highest BCUT2D eigenvalue weighted by Crippen LogP contribution is 2.37. The van der Waals surface area contributed by atoms with Crippen molar-refractivity contribution in [2.45, 2.75) is 55.3 Å². The Hall–Kier alpha value is -1.86. The van der Waals surface area contributed by atoms with Crippen LogP contribution in [0.2, 0.25) is 5.02 Å². The lowest BCUT2D eigenvalue weighted by Gasteiger charge is -2.35. The number of alkyl halides is 3. The summed E-state index contributed by atoms with van der Waals surface area (Å²) in [5.41, 5.74) is -2.03. The number of anilines is 1. The maximum Gasteiger partial charge on any atom is 0.446 e. The second-order valence-electron chi connectivity index (χ2n) is 9.69. The van der Waals surface area contributed by atoms with E-state index in [0.29, 0.717) is 18.3 Å². The summed E-state index contributed by atoms with van der Waals surface area (Å²) in [6.45, 7) is 3.57. The van der Waals surface area contributed by atoms with Crippen molar-refractivity contribution in [1.82, 2.24) is 4.90 Å². The number of thioether (sulfide) groups is 1. The van der Waals surface area contributed by atoms with Crippen molar-refractivity contribution in [2.75, 3.05) is 31.1 Å². The van der Waals surface area contributed by atoms with Gasteiger partial charge in [0.1, 0.15) is 0 Å². The Kier molecular flexibility index (Phi) is 8.92. The summed E-state index contributed by atoms with van der Waals surface area (Å²) in [6.07, 6.45) is 6.56. The molecule has 35 heavy (non-hydrogen) atoms. The van der Waals surface area contributed by atoms with Crippen LogP contribution in [0.3, 0.4) is 0 Å². The molecule has 190 valence electrons. The van der Waals surface area contributed by atoms with E-state index in [0.717, 1.165) is 75.3 Å². The number of halogens is 4. The molecular weight excluding hydrogens is 493 g/mol. The highest BCUT2D eigenvalue weighted by molar-refractivity contribution is 8.00. The molecule has 3 nitrogen and oxygen atoms in total. The van der Waals surface area contributed by atoms with Crippen LogP contribution in [0.1, 0.15) is 44.1 Å². The first-order valence-electron chi connectivity index (χ1n) is 12.4. The lowest BCUT2D eigenvalue weighted by atomic mass is 9.89. The van der Waals surface area contributed by atoms with Gasteiger partial charge in [0, 0.05) is 48.2 Å². The zero-order valence-electron chi connectivity index (χ0n) is 19.8. The third-order valence-corrected chi connectivity index (χ3v) is 8.12. The molecule has 0 N–H and O–H groups in total. The standard InChI is InChI=1S/C27H32ClF3N2OS/c28-23-6-8-24(9-7-23)32-16-13-20(14-17-32)5-12-26(34)33-15-1-2-22(19-33)18-21-3-10-25(11-4-21)35-27(29,30)31/h3-4,6-11,20,22H,1-2,5,12-19H2/t22-/m1/s1. The zero-order valence-corrected chi connectivity index (χ0v) is 21.3. The third kappa shape index (κ3) is 8.07. The summed E-state index contributed by atoms with van der Waals surface area (Å²) in [5.74, 6) is 1.18. The molecule has 0 aliphatic carbocycles. The topological polar surface area (TPSA) is 23.6 Å². The molecule has 0 radical (unpaired) electrons. The van der Waals surface area contributed by atoms with Crippen LogP contribution < -0.4 is 4.90 Å². The van der Waals surface area contributed by atoms with Crippen molar-refractivity contribution in [1.29, 1.82) is 0 Å². The highest BCUT2D eigenvalue weighted by Gasteiger charge is 2.29. The number of hydrogen-bond acceptors (Lipinski definition) is 3. The van der Waals surface area contributed by atoms with E-state index in [4.69, 9.17) is 11.6 Å². The van der Waals surface area contributed by atoms with Gasteiger partial charge in [-0.3, -0.25) is 4.79 Å². The van der Waals surface area contributed by atoms with Gasteiger partial charge >= 0.3 is 5.51 Å². The molecule has 1 amide bonds. The molecule has 4 rings (SSSR count). The van der Waals surface area contributed by atoms with Crippen LogP contribution in [-0.2, 0) is 11.2 Å². The number of amides is 1. The average molecular weight is 525 g/mol. The van der Waals surface area contributed by atoms with Gasteiger partial charge in [0.05, 0.1) is 0 Å². The predicted molar refractivity (Wildman–Crippen MR) is 137 cm³/mol. The molecule has 0 saturated carbocycles. The first-order valence-corrected chi connectivity index (χ1v) is 13.6. The lowest BCUT2D eigenvalue weighted by Crippen LogP contribution is -2.41. The van der Waals surface area contributed by atoms with Gasteiger partial charge in [0.2, 0.25) is 5.91 Å². The number of hydrogen-bond donors (Lipinski definition) is 0. The number of carbonyl (C=O) groups is 1. The van der Waals surface area contributed by atoms with Gasteiger partial charge in [-0.15, -0.1) is 0 Å². The van der Waals surface area contributed by atoms with E-state index in [1.54, 1.807) is 12.1 Å². The molecule has 2 aromatic rings. The maximum absolute atomic E-state index is 12.9. The summed E-state index contributed by atoms with van der Waals surface area (Å²) >= 11 is 5.91. The average Bonchev–Trinajstić information content (AvgIpc) is 2.84. The Morgan fingerprint density at radius 1 is 0.943 bits per heavy atom. The van der Waals surface area contributed by atoms with E-state index in [2.05, 4.69) is 17.0 Å². The lowest BCUT2D eigenvalue weighted by molar-refractivity contribution is -0.133. The van der Waals surface area contributed by atoms with E-state index >= 15 is 0 Å².